The molecule has 0 atom stereocenters. The minimum absolute atomic E-state index is 0.132. The van der Waals surface area contributed by atoms with Crippen molar-refractivity contribution >= 4 is 11.7 Å². The third kappa shape index (κ3) is 3.45. The summed E-state index contributed by atoms with van der Waals surface area (Å²) in [7, 11) is 1.60. The summed E-state index contributed by atoms with van der Waals surface area (Å²) in [5, 5.41) is 8.89. The van der Waals surface area contributed by atoms with Gasteiger partial charge in [-0.15, -0.1) is 0 Å². The van der Waals surface area contributed by atoms with Crippen LogP contribution in [0.4, 0.5) is 5.69 Å². The van der Waals surface area contributed by atoms with Gasteiger partial charge in [0.2, 0.25) is 0 Å². The minimum atomic E-state index is -1.02. The van der Waals surface area contributed by atoms with E-state index in [4.69, 9.17) is 20.3 Å². The van der Waals surface area contributed by atoms with Gasteiger partial charge in [0.05, 0.1) is 18.4 Å². The van der Waals surface area contributed by atoms with Crippen LogP contribution in [0.5, 0.6) is 11.5 Å². The number of methoxy groups -OCH3 is 1. The lowest BCUT2D eigenvalue weighted by Crippen LogP contribution is -2.03. The highest BCUT2D eigenvalue weighted by Gasteiger charge is 2.09. The standard InChI is InChI=1S/C16H17NO4/c1-10-3-5-14(20-2)12(7-10)9-21-15-6-4-11(16(18)19)8-13(15)17/h3-8H,9,17H2,1-2H3,(H,18,19). The van der Waals surface area contributed by atoms with Crippen molar-refractivity contribution in [1.82, 2.24) is 0 Å². The van der Waals surface area contributed by atoms with Gasteiger partial charge in [-0.2, -0.15) is 0 Å². The number of benzene rings is 2. The molecule has 0 aliphatic carbocycles. The molecule has 2 aromatic carbocycles. The SMILES string of the molecule is COc1ccc(C)cc1COc1ccc(C(=O)O)cc1N. The number of nitrogen functional groups attached to an aromatic ring is 1. The molecule has 21 heavy (non-hydrogen) atoms. The molecule has 0 aliphatic heterocycles. The zero-order valence-electron chi connectivity index (χ0n) is 11.9. The van der Waals surface area contributed by atoms with Crippen molar-refractivity contribution in [2.45, 2.75) is 13.5 Å². The molecule has 0 fully saturated rings. The van der Waals surface area contributed by atoms with E-state index in [0.717, 1.165) is 16.9 Å². The van der Waals surface area contributed by atoms with E-state index in [1.54, 1.807) is 13.2 Å². The quantitative estimate of drug-likeness (QED) is 0.826. The van der Waals surface area contributed by atoms with E-state index in [-0.39, 0.29) is 5.56 Å². The van der Waals surface area contributed by atoms with E-state index in [1.807, 2.05) is 25.1 Å². The number of carbonyl (C=O) groups is 1. The molecular formula is C16H17NO4. The van der Waals surface area contributed by atoms with Crippen LogP contribution in [0.1, 0.15) is 21.5 Å². The Morgan fingerprint density at radius 3 is 2.52 bits per heavy atom. The lowest BCUT2D eigenvalue weighted by molar-refractivity contribution is 0.0697. The van der Waals surface area contributed by atoms with E-state index in [1.165, 1.54) is 12.1 Å². The Balaban J connectivity index is 2.17. The van der Waals surface area contributed by atoms with Crippen LogP contribution < -0.4 is 15.2 Å². The zero-order valence-corrected chi connectivity index (χ0v) is 11.9. The summed E-state index contributed by atoms with van der Waals surface area (Å²) < 4.78 is 10.9. The number of aryl methyl sites for hydroxylation is 1. The molecule has 5 heteroatoms. The highest BCUT2D eigenvalue weighted by atomic mass is 16.5. The Kier molecular flexibility index (Phi) is 4.33. The molecule has 5 nitrogen and oxygen atoms in total. The van der Waals surface area contributed by atoms with Crippen LogP contribution in [0.15, 0.2) is 36.4 Å². The van der Waals surface area contributed by atoms with Gasteiger partial charge in [-0.3, -0.25) is 0 Å². The number of aromatic carboxylic acids is 1. The third-order valence-corrected chi connectivity index (χ3v) is 3.08. The minimum Gasteiger partial charge on any atom is -0.496 e. The van der Waals surface area contributed by atoms with Crippen molar-refractivity contribution < 1.29 is 19.4 Å². The van der Waals surface area contributed by atoms with E-state index in [0.29, 0.717) is 18.0 Å². The molecule has 3 N–H and O–H groups in total. The first kappa shape index (κ1) is 14.7. The first-order chi connectivity index (χ1) is 10.0. The number of hydrogen-bond acceptors (Lipinski definition) is 4. The van der Waals surface area contributed by atoms with Crippen LogP contribution in [0.25, 0.3) is 0 Å². The molecule has 0 saturated carbocycles. The summed E-state index contributed by atoms with van der Waals surface area (Å²) in [5.74, 6) is 0.165. The summed E-state index contributed by atoms with van der Waals surface area (Å²) in [6.07, 6.45) is 0. The van der Waals surface area contributed by atoms with Gasteiger partial charge >= 0.3 is 5.97 Å². The van der Waals surface area contributed by atoms with Crippen molar-refractivity contribution in [3.8, 4) is 11.5 Å². The van der Waals surface area contributed by atoms with Crippen molar-refractivity contribution in [2.24, 2.45) is 0 Å². The van der Waals surface area contributed by atoms with Crippen molar-refractivity contribution in [2.75, 3.05) is 12.8 Å². The summed E-state index contributed by atoms with van der Waals surface area (Å²) >= 11 is 0. The fourth-order valence-corrected chi connectivity index (χ4v) is 1.99. The molecule has 0 radical (unpaired) electrons. The number of rotatable bonds is 5. The van der Waals surface area contributed by atoms with Crippen LogP contribution in [0.3, 0.4) is 0 Å². The first-order valence-corrected chi connectivity index (χ1v) is 6.40. The second kappa shape index (κ2) is 6.17. The van der Waals surface area contributed by atoms with Gasteiger partial charge < -0.3 is 20.3 Å². The predicted molar refractivity (Wildman–Crippen MR) is 79.9 cm³/mol. The maximum Gasteiger partial charge on any atom is 0.335 e. The molecule has 0 bridgehead atoms. The van der Waals surface area contributed by atoms with Gasteiger partial charge in [0, 0.05) is 5.56 Å². The predicted octanol–water partition coefficient (Wildman–Crippen LogP) is 2.86. The second-order valence-corrected chi connectivity index (χ2v) is 4.66. The Morgan fingerprint density at radius 1 is 1.19 bits per heavy atom. The van der Waals surface area contributed by atoms with Crippen molar-refractivity contribution in [3.63, 3.8) is 0 Å². The number of hydrogen-bond donors (Lipinski definition) is 2. The van der Waals surface area contributed by atoms with Gasteiger partial charge in [-0.05, 0) is 37.3 Å². The first-order valence-electron chi connectivity index (χ1n) is 6.40. The van der Waals surface area contributed by atoms with Gasteiger partial charge in [0.1, 0.15) is 18.1 Å². The topological polar surface area (TPSA) is 81.8 Å². The van der Waals surface area contributed by atoms with E-state index in [2.05, 4.69) is 0 Å². The number of anilines is 1. The van der Waals surface area contributed by atoms with Crippen LogP contribution in [-0.4, -0.2) is 18.2 Å². The maximum atomic E-state index is 10.9. The fourth-order valence-electron chi connectivity index (χ4n) is 1.99. The van der Waals surface area contributed by atoms with Gasteiger partial charge in [-0.1, -0.05) is 11.6 Å². The van der Waals surface area contributed by atoms with Crippen molar-refractivity contribution in [3.05, 3.63) is 53.1 Å². The third-order valence-electron chi connectivity index (χ3n) is 3.08. The lowest BCUT2D eigenvalue weighted by Gasteiger charge is -2.12. The monoisotopic (exact) mass is 287 g/mol. The summed E-state index contributed by atoms with van der Waals surface area (Å²) in [6.45, 7) is 2.28. The lowest BCUT2D eigenvalue weighted by atomic mass is 10.1. The summed E-state index contributed by atoms with van der Waals surface area (Å²) in [5.41, 5.74) is 8.23. The largest absolute Gasteiger partial charge is 0.496 e. The molecule has 110 valence electrons. The summed E-state index contributed by atoms with van der Waals surface area (Å²) in [6, 6.07) is 10.2. The molecule has 0 saturated heterocycles. The number of ether oxygens (including phenoxy) is 2. The molecule has 0 amide bonds. The molecular weight excluding hydrogens is 270 g/mol. The average molecular weight is 287 g/mol. The number of carboxylic acids is 1. The maximum absolute atomic E-state index is 10.9. The van der Waals surface area contributed by atoms with Gasteiger partial charge in [0.15, 0.2) is 0 Å². The van der Waals surface area contributed by atoms with Gasteiger partial charge in [-0.25, -0.2) is 4.79 Å². The van der Waals surface area contributed by atoms with Gasteiger partial charge in [0.25, 0.3) is 0 Å². The Morgan fingerprint density at radius 2 is 1.90 bits per heavy atom. The summed E-state index contributed by atoms with van der Waals surface area (Å²) in [4.78, 5) is 10.9. The molecule has 0 spiro atoms. The number of nitrogens with two attached hydrogens (primary N) is 1. The average Bonchev–Trinajstić information content (AvgIpc) is 2.46. The molecule has 0 aliphatic rings. The van der Waals surface area contributed by atoms with Crippen LogP contribution in [-0.2, 0) is 6.61 Å². The van der Waals surface area contributed by atoms with E-state index >= 15 is 0 Å². The molecule has 0 unspecified atom stereocenters. The van der Waals surface area contributed by atoms with E-state index < -0.39 is 5.97 Å². The Hall–Kier alpha value is -2.69. The highest BCUT2D eigenvalue weighted by Crippen LogP contribution is 2.26. The smallest absolute Gasteiger partial charge is 0.335 e. The van der Waals surface area contributed by atoms with Crippen LogP contribution in [0.2, 0.25) is 0 Å². The molecule has 2 rings (SSSR count). The van der Waals surface area contributed by atoms with Crippen LogP contribution in [0, 0.1) is 6.92 Å². The molecule has 0 heterocycles. The van der Waals surface area contributed by atoms with Crippen LogP contribution >= 0.6 is 0 Å². The molecule has 0 aromatic heterocycles. The highest BCUT2D eigenvalue weighted by molar-refractivity contribution is 5.89. The second-order valence-electron chi connectivity index (χ2n) is 4.66. The van der Waals surface area contributed by atoms with E-state index in [9.17, 15) is 4.79 Å². The van der Waals surface area contributed by atoms with Crippen molar-refractivity contribution in [1.29, 1.82) is 0 Å². The Labute approximate surface area is 122 Å². The normalized spacial score (nSPS) is 10.2. The zero-order chi connectivity index (χ0) is 15.4. The molecule has 2 aromatic rings. The number of carboxylic acid groups (broad SMARTS) is 1. The fraction of sp³-hybridized carbons (Fsp3) is 0.188. The Bertz CT molecular complexity index is 667.